The first-order valence-corrected chi connectivity index (χ1v) is 9.78. The minimum Gasteiger partial charge on any atom is -0.392 e. The van der Waals surface area contributed by atoms with Gasteiger partial charge in [0.1, 0.15) is 0 Å². The highest BCUT2D eigenvalue weighted by atomic mass is 16.3. The molecule has 3 aromatic rings. The van der Waals surface area contributed by atoms with Crippen LogP contribution in [0, 0.1) is 0 Å². The Morgan fingerprint density at radius 3 is 1.75 bits per heavy atom. The molecule has 142 valence electrons. The zero-order chi connectivity index (χ0) is 19.5. The topological polar surface area (TPSA) is 40.5 Å². The number of hydrogen-bond donors (Lipinski definition) is 1. The summed E-state index contributed by atoms with van der Waals surface area (Å²) in [6.07, 6.45) is -0.0274. The molecule has 0 unspecified atom stereocenters. The monoisotopic (exact) mass is 371 g/mol. The standard InChI is InChI=1S/C25H25NO2/c1-18(27)26-22(19-11-5-2-6-12-19)17-23(28)24(20-13-7-3-8-14-20)25(26)21-15-9-4-10-16-21/h2-16,22-25,28H,17H2,1H3/t22-,23-,24+,25+/m0/s1. The van der Waals surface area contributed by atoms with Crippen LogP contribution in [-0.4, -0.2) is 22.0 Å². The molecule has 1 fully saturated rings. The first-order valence-electron chi connectivity index (χ1n) is 9.78. The van der Waals surface area contributed by atoms with Gasteiger partial charge in [-0.15, -0.1) is 0 Å². The van der Waals surface area contributed by atoms with E-state index in [1.165, 1.54) is 0 Å². The van der Waals surface area contributed by atoms with Gasteiger partial charge in [0, 0.05) is 12.8 Å². The van der Waals surface area contributed by atoms with Gasteiger partial charge in [0.05, 0.1) is 18.2 Å². The van der Waals surface area contributed by atoms with Crippen molar-refractivity contribution in [3.63, 3.8) is 0 Å². The largest absolute Gasteiger partial charge is 0.392 e. The zero-order valence-electron chi connectivity index (χ0n) is 16.0. The van der Waals surface area contributed by atoms with E-state index < -0.39 is 6.10 Å². The van der Waals surface area contributed by atoms with E-state index in [9.17, 15) is 9.90 Å². The van der Waals surface area contributed by atoms with Gasteiger partial charge in [0.2, 0.25) is 5.91 Å². The van der Waals surface area contributed by atoms with Gasteiger partial charge in [0.25, 0.3) is 0 Å². The zero-order valence-corrected chi connectivity index (χ0v) is 16.0. The molecule has 0 aromatic heterocycles. The van der Waals surface area contributed by atoms with Crippen LogP contribution >= 0.6 is 0 Å². The number of piperidine rings is 1. The van der Waals surface area contributed by atoms with E-state index in [2.05, 4.69) is 12.1 Å². The third-order valence-electron chi connectivity index (χ3n) is 5.73. The van der Waals surface area contributed by atoms with Crippen molar-refractivity contribution in [2.24, 2.45) is 0 Å². The number of carbonyl (C=O) groups is 1. The highest BCUT2D eigenvalue weighted by molar-refractivity contribution is 5.75. The number of amides is 1. The van der Waals surface area contributed by atoms with Crippen LogP contribution in [0.3, 0.4) is 0 Å². The maximum absolute atomic E-state index is 12.9. The minimum atomic E-state index is -0.548. The van der Waals surface area contributed by atoms with Crippen molar-refractivity contribution in [3.05, 3.63) is 108 Å². The van der Waals surface area contributed by atoms with Crippen molar-refractivity contribution in [2.75, 3.05) is 0 Å². The summed E-state index contributed by atoms with van der Waals surface area (Å²) >= 11 is 0. The maximum Gasteiger partial charge on any atom is 0.220 e. The molecule has 0 bridgehead atoms. The summed E-state index contributed by atoms with van der Waals surface area (Å²) in [4.78, 5) is 14.9. The lowest BCUT2D eigenvalue weighted by molar-refractivity contribution is -0.140. The molecule has 3 nitrogen and oxygen atoms in total. The summed E-state index contributed by atoms with van der Waals surface area (Å²) in [7, 11) is 0. The third kappa shape index (κ3) is 3.46. The fourth-order valence-corrected chi connectivity index (χ4v) is 4.55. The second-order valence-corrected chi connectivity index (χ2v) is 7.45. The average molecular weight is 371 g/mol. The molecular formula is C25H25NO2. The van der Waals surface area contributed by atoms with E-state index in [0.717, 1.165) is 16.7 Å². The van der Waals surface area contributed by atoms with E-state index >= 15 is 0 Å². The van der Waals surface area contributed by atoms with Gasteiger partial charge in [-0.1, -0.05) is 91.0 Å². The molecule has 0 aliphatic carbocycles. The van der Waals surface area contributed by atoms with Crippen molar-refractivity contribution >= 4 is 5.91 Å². The van der Waals surface area contributed by atoms with E-state index in [1.807, 2.05) is 83.8 Å². The van der Waals surface area contributed by atoms with E-state index in [1.54, 1.807) is 6.92 Å². The van der Waals surface area contributed by atoms with Gasteiger partial charge in [-0.25, -0.2) is 0 Å². The van der Waals surface area contributed by atoms with Gasteiger partial charge >= 0.3 is 0 Å². The number of benzene rings is 3. The van der Waals surface area contributed by atoms with Gasteiger partial charge in [-0.05, 0) is 23.1 Å². The number of rotatable bonds is 3. The normalized spacial score (nSPS) is 24.7. The van der Waals surface area contributed by atoms with Crippen molar-refractivity contribution < 1.29 is 9.90 Å². The van der Waals surface area contributed by atoms with Crippen LogP contribution in [0.1, 0.15) is 48.0 Å². The molecule has 1 N–H and O–H groups in total. The highest BCUT2D eigenvalue weighted by Gasteiger charge is 2.45. The SMILES string of the molecule is CC(=O)N1[C@H](c2ccccc2)[C@H](c2ccccc2)[C@@H](O)C[C@H]1c1ccccc1. The summed E-state index contributed by atoms with van der Waals surface area (Å²) < 4.78 is 0. The molecule has 0 spiro atoms. The second-order valence-electron chi connectivity index (χ2n) is 7.45. The first kappa shape index (κ1) is 18.5. The molecule has 1 aliphatic rings. The molecule has 0 radical (unpaired) electrons. The van der Waals surface area contributed by atoms with Gasteiger partial charge in [0.15, 0.2) is 0 Å². The number of hydrogen-bond acceptors (Lipinski definition) is 2. The van der Waals surface area contributed by atoms with Crippen LogP contribution < -0.4 is 0 Å². The number of carbonyl (C=O) groups excluding carboxylic acids is 1. The highest BCUT2D eigenvalue weighted by Crippen LogP contribution is 2.49. The summed E-state index contributed by atoms with van der Waals surface area (Å²) in [6.45, 7) is 1.63. The molecule has 4 atom stereocenters. The Morgan fingerprint density at radius 1 is 0.786 bits per heavy atom. The maximum atomic E-state index is 12.9. The number of aliphatic hydroxyl groups is 1. The van der Waals surface area contributed by atoms with Crippen LogP contribution in [0.15, 0.2) is 91.0 Å². The Bertz CT molecular complexity index is 911. The molecule has 4 rings (SSSR count). The lowest BCUT2D eigenvalue weighted by atomic mass is 9.74. The van der Waals surface area contributed by atoms with E-state index in [-0.39, 0.29) is 23.9 Å². The van der Waals surface area contributed by atoms with Crippen molar-refractivity contribution in [1.82, 2.24) is 4.90 Å². The summed E-state index contributed by atoms with van der Waals surface area (Å²) in [5.74, 6) is -0.150. The Hall–Kier alpha value is -2.91. The molecule has 1 amide bonds. The van der Waals surface area contributed by atoms with Gasteiger partial charge in [-0.3, -0.25) is 4.79 Å². The van der Waals surface area contributed by atoms with Crippen LogP contribution in [0.5, 0.6) is 0 Å². The summed E-state index contributed by atoms with van der Waals surface area (Å²) in [5, 5.41) is 11.2. The number of likely N-dealkylation sites (tertiary alicyclic amines) is 1. The molecular weight excluding hydrogens is 346 g/mol. The van der Waals surface area contributed by atoms with Crippen LogP contribution in [-0.2, 0) is 4.79 Å². The van der Waals surface area contributed by atoms with Crippen LogP contribution in [0.25, 0.3) is 0 Å². The van der Waals surface area contributed by atoms with Crippen molar-refractivity contribution in [3.8, 4) is 0 Å². The predicted octanol–water partition coefficient (Wildman–Crippen LogP) is 4.87. The molecule has 3 heteroatoms. The Morgan fingerprint density at radius 2 is 1.25 bits per heavy atom. The molecule has 1 heterocycles. The van der Waals surface area contributed by atoms with Crippen molar-refractivity contribution in [2.45, 2.75) is 37.5 Å². The fraction of sp³-hybridized carbons (Fsp3) is 0.240. The average Bonchev–Trinajstić information content (AvgIpc) is 2.74. The third-order valence-corrected chi connectivity index (χ3v) is 5.73. The van der Waals surface area contributed by atoms with E-state index in [4.69, 9.17) is 0 Å². The predicted molar refractivity (Wildman–Crippen MR) is 111 cm³/mol. The summed E-state index contributed by atoms with van der Waals surface area (Å²) in [5.41, 5.74) is 3.16. The van der Waals surface area contributed by atoms with Gasteiger partial charge in [-0.2, -0.15) is 0 Å². The Kier molecular flexibility index (Phi) is 5.27. The molecule has 1 aliphatic heterocycles. The second kappa shape index (κ2) is 7.99. The number of nitrogens with zero attached hydrogens (tertiary/aromatic N) is 1. The quantitative estimate of drug-likeness (QED) is 0.714. The molecule has 1 saturated heterocycles. The Balaban J connectivity index is 1.86. The summed E-state index contributed by atoms with van der Waals surface area (Å²) in [6, 6.07) is 29.8. The van der Waals surface area contributed by atoms with Crippen molar-refractivity contribution in [1.29, 1.82) is 0 Å². The first-order chi connectivity index (χ1) is 13.7. The number of aliphatic hydroxyl groups excluding tert-OH is 1. The van der Waals surface area contributed by atoms with Crippen LogP contribution in [0.2, 0.25) is 0 Å². The molecule has 0 saturated carbocycles. The minimum absolute atomic E-state index is 0.0236. The fourth-order valence-electron chi connectivity index (χ4n) is 4.55. The molecule has 28 heavy (non-hydrogen) atoms. The smallest absolute Gasteiger partial charge is 0.220 e. The molecule has 3 aromatic carbocycles. The lowest BCUT2D eigenvalue weighted by Gasteiger charge is -2.49. The van der Waals surface area contributed by atoms with Gasteiger partial charge < -0.3 is 10.0 Å². The Labute approximate surface area is 166 Å². The van der Waals surface area contributed by atoms with Crippen LogP contribution in [0.4, 0.5) is 0 Å². The lowest BCUT2D eigenvalue weighted by Crippen LogP contribution is -2.48. The van der Waals surface area contributed by atoms with E-state index in [0.29, 0.717) is 6.42 Å².